The highest BCUT2D eigenvalue weighted by Gasteiger charge is 2.29. The fourth-order valence-corrected chi connectivity index (χ4v) is 2.92. The van der Waals surface area contributed by atoms with Gasteiger partial charge in [-0.1, -0.05) is 5.16 Å². The van der Waals surface area contributed by atoms with Crippen LogP contribution in [0.15, 0.2) is 33.7 Å². The third kappa shape index (κ3) is 3.37. The summed E-state index contributed by atoms with van der Waals surface area (Å²) in [6.07, 6.45) is 1.82. The van der Waals surface area contributed by atoms with Crippen molar-refractivity contribution in [1.29, 1.82) is 0 Å². The maximum Gasteiger partial charge on any atom is 0.227 e. The molecule has 23 heavy (non-hydrogen) atoms. The van der Waals surface area contributed by atoms with Gasteiger partial charge in [-0.3, -0.25) is 4.79 Å². The molecule has 0 spiro atoms. The van der Waals surface area contributed by atoms with Crippen LogP contribution >= 0.6 is 0 Å². The van der Waals surface area contributed by atoms with Crippen LogP contribution in [-0.4, -0.2) is 19.5 Å². The first-order valence-electron chi connectivity index (χ1n) is 7.18. The molecule has 1 amide bonds. The molecule has 0 bridgehead atoms. The number of nitrogens with one attached hydrogen (secondary N) is 1. The van der Waals surface area contributed by atoms with Gasteiger partial charge in [0.25, 0.3) is 0 Å². The van der Waals surface area contributed by atoms with Crippen molar-refractivity contribution in [3.05, 3.63) is 40.2 Å². The molecular weight excluding hydrogens is 318 g/mol. The van der Waals surface area contributed by atoms with Crippen LogP contribution in [0.3, 0.4) is 0 Å². The number of rotatable bonds is 5. The Labute approximate surface area is 134 Å². The third-order valence-corrected chi connectivity index (χ3v) is 4.98. The first kappa shape index (κ1) is 15.5. The van der Waals surface area contributed by atoms with E-state index in [1.807, 2.05) is 0 Å². The molecule has 1 heterocycles. The van der Waals surface area contributed by atoms with Crippen LogP contribution in [0.25, 0.3) is 4.72 Å². The van der Waals surface area contributed by atoms with Crippen molar-refractivity contribution in [3.8, 4) is 0 Å². The normalized spacial score (nSPS) is 14.5. The second-order valence-corrected chi connectivity index (χ2v) is 7.16. The number of sulfonamides is 1. The lowest BCUT2D eigenvalue weighted by atomic mass is 10.3. The van der Waals surface area contributed by atoms with Gasteiger partial charge in [0.15, 0.2) is 0 Å². The molecule has 0 unspecified atom stereocenters. The number of hydrogen-bond acceptors (Lipinski definition) is 5. The highest BCUT2D eigenvalue weighted by molar-refractivity contribution is 7.94. The number of amides is 1. The number of aryl methyl sites for hydroxylation is 1. The summed E-state index contributed by atoms with van der Waals surface area (Å²) in [4.78, 5) is 11.7. The number of hydrogen-bond donors (Lipinski definition) is 1. The van der Waals surface area contributed by atoms with Gasteiger partial charge in [0.05, 0.1) is 16.5 Å². The molecule has 0 radical (unpaired) electrons. The van der Waals surface area contributed by atoms with Gasteiger partial charge in [0.2, 0.25) is 5.91 Å². The molecule has 2 aromatic rings. The molecule has 1 fully saturated rings. The van der Waals surface area contributed by atoms with Crippen molar-refractivity contribution >= 4 is 27.5 Å². The van der Waals surface area contributed by atoms with E-state index in [-0.39, 0.29) is 22.6 Å². The number of benzene rings is 1. The topological polar surface area (TPSA) is 103 Å². The minimum absolute atomic E-state index is 0.0198. The Hall–Kier alpha value is -2.35. The largest absolute Gasteiger partial charge is 0.539 e. The second-order valence-electron chi connectivity index (χ2n) is 5.55. The first-order chi connectivity index (χ1) is 10.9. The Morgan fingerprint density at radius 3 is 2.43 bits per heavy atom. The number of carbonyl (C=O) groups is 1. The van der Waals surface area contributed by atoms with Crippen molar-refractivity contribution < 1.29 is 17.7 Å². The van der Waals surface area contributed by atoms with Crippen molar-refractivity contribution in [3.63, 3.8) is 0 Å². The Morgan fingerprint density at radius 2 is 1.91 bits per heavy atom. The van der Waals surface area contributed by atoms with Gasteiger partial charge in [-0.2, -0.15) is 0 Å². The fraction of sp³-hybridized carbons (Fsp3) is 0.333. The maximum absolute atomic E-state index is 12.3. The highest BCUT2D eigenvalue weighted by atomic mass is 32.2. The van der Waals surface area contributed by atoms with Crippen LogP contribution < -0.4 is 5.32 Å². The van der Waals surface area contributed by atoms with E-state index in [0.717, 1.165) is 12.8 Å². The van der Waals surface area contributed by atoms with Gasteiger partial charge in [-0.15, -0.1) is 0 Å². The van der Waals surface area contributed by atoms with E-state index in [9.17, 15) is 13.2 Å². The van der Waals surface area contributed by atoms with Gasteiger partial charge in [-0.25, -0.2) is 8.42 Å². The zero-order valence-electron chi connectivity index (χ0n) is 12.7. The lowest BCUT2D eigenvalue weighted by Crippen LogP contribution is -2.13. The van der Waals surface area contributed by atoms with Crippen LogP contribution in [0, 0.1) is 19.8 Å². The van der Waals surface area contributed by atoms with Crippen molar-refractivity contribution in [2.45, 2.75) is 31.6 Å². The molecule has 1 aromatic carbocycles. The third-order valence-electron chi connectivity index (χ3n) is 3.70. The van der Waals surface area contributed by atoms with Crippen molar-refractivity contribution in [2.24, 2.45) is 5.92 Å². The number of carbonyl (C=O) groups excluding carboxylic acids is 1. The summed E-state index contributed by atoms with van der Waals surface area (Å²) in [5.74, 6) is 0.0396. The summed E-state index contributed by atoms with van der Waals surface area (Å²) in [5, 5.41) is 6.43. The van der Waals surface area contributed by atoms with Crippen LogP contribution in [0.4, 0.5) is 11.6 Å². The van der Waals surface area contributed by atoms with E-state index in [2.05, 4.69) is 15.2 Å². The molecule has 7 nitrogen and oxygen atoms in total. The van der Waals surface area contributed by atoms with Crippen LogP contribution in [-0.2, 0) is 14.8 Å². The van der Waals surface area contributed by atoms with Gasteiger partial charge in [0, 0.05) is 11.6 Å². The summed E-state index contributed by atoms with van der Waals surface area (Å²) < 4.78 is 33.1. The molecule has 0 aliphatic heterocycles. The monoisotopic (exact) mass is 334 g/mol. The summed E-state index contributed by atoms with van der Waals surface area (Å²) in [6.45, 7) is 3.40. The Balaban J connectivity index is 1.74. The van der Waals surface area contributed by atoms with E-state index >= 15 is 0 Å². The van der Waals surface area contributed by atoms with E-state index < -0.39 is 10.0 Å². The number of anilines is 1. The molecular formula is C15H16N3O4S-. The lowest BCUT2D eigenvalue weighted by molar-refractivity contribution is -0.117. The number of aromatic nitrogens is 1. The van der Waals surface area contributed by atoms with E-state index in [4.69, 9.17) is 4.52 Å². The fourth-order valence-electron chi connectivity index (χ4n) is 1.95. The van der Waals surface area contributed by atoms with Gasteiger partial charge < -0.3 is 14.6 Å². The molecule has 1 aliphatic rings. The summed E-state index contributed by atoms with van der Waals surface area (Å²) in [7, 11) is -3.89. The van der Waals surface area contributed by atoms with Crippen molar-refractivity contribution in [2.75, 3.05) is 5.32 Å². The molecule has 1 N–H and O–H groups in total. The van der Waals surface area contributed by atoms with Crippen LogP contribution in [0.2, 0.25) is 0 Å². The van der Waals surface area contributed by atoms with E-state index in [1.165, 1.54) is 12.1 Å². The summed E-state index contributed by atoms with van der Waals surface area (Å²) in [5.41, 5.74) is 1.74. The SMILES string of the molecule is Cc1noc([N-]S(=O)(=O)c2ccc(NC(=O)C3CC3)cc2)c1C. The molecule has 122 valence electrons. The van der Waals surface area contributed by atoms with Gasteiger partial charge in [-0.05, 0) is 56.5 Å². The first-order valence-corrected chi connectivity index (χ1v) is 8.62. The molecule has 1 aromatic heterocycles. The Bertz CT molecular complexity index is 836. The average molecular weight is 334 g/mol. The quantitative estimate of drug-likeness (QED) is 0.905. The standard InChI is InChI=1S/C15H17N3O4S/c1-9-10(2)17-22-15(9)18-23(20,21)13-7-5-12(6-8-13)16-14(19)11-3-4-11/h5-8,11H,3-4H2,1-2H3,(H2,16,17,18,19)/p-1. The zero-order valence-corrected chi connectivity index (χ0v) is 13.6. The van der Waals surface area contributed by atoms with Crippen LogP contribution in [0.5, 0.6) is 0 Å². The minimum Gasteiger partial charge on any atom is -0.539 e. The molecule has 8 heteroatoms. The second kappa shape index (κ2) is 5.69. The minimum atomic E-state index is -3.89. The van der Waals surface area contributed by atoms with Crippen molar-refractivity contribution in [1.82, 2.24) is 5.16 Å². The molecule has 0 atom stereocenters. The summed E-state index contributed by atoms with van der Waals surface area (Å²) in [6, 6.07) is 5.89. The summed E-state index contributed by atoms with van der Waals surface area (Å²) >= 11 is 0. The van der Waals surface area contributed by atoms with Gasteiger partial charge >= 0.3 is 0 Å². The lowest BCUT2D eigenvalue weighted by Gasteiger charge is -2.19. The van der Waals surface area contributed by atoms with Gasteiger partial charge in [0.1, 0.15) is 10.0 Å². The smallest absolute Gasteiger partial charge is 0.227 e. The highest BCUT2D eigenvalue weighted by Crippen LogP contribution is 2.33. The Kier molecular flexibility index (Phi) is 3.85. The zero-order chi connectivity index (χ0) is 16.6. The maximum atomic E-state index is 12.3. The van der Waals surface area contributed by atoms with E-state index in [0.29, 0.717) is 16.9 Å². The molecule has 3 rings (SSSR count). The molecule has 1 saturated carbocycles. The van der Waals surface area contributed by atoms with E-state index in [1.54, 1.807) is 26.0 Å². The molecule has 1 aliphatic carbocycles. The molecule has 0 saturated heterocycles. The van der Waals surface area contributed by atoms with Crippen LogP contribution in [0.1, 0.15) is 24.1 Å². The Morgan fingerprint density at radius 1 is 1.26 bits per heavy atom. The average Bonchev–Trinajstić information content (AvgIpc) is 3.31. The number of nitrogens with zero attached hydrogens (tertiary/aromatic N) is 2. The predicted molar refractivity (Wildman–Crippen MR) is 84.0 cm³/mol. The predicted octanol–water partition coefficient (Wildman–Crippen LogP) is 3.03.